The van der Waals surface area contributed by atoms with E-state index in [2.05, 4.69) is 26.5 Å². The quantitative estimate of drug-likeness (QED) is 0.490. The van der Waals surface area contributed by atoms with Gasteiger partial charge in [0, 0.05) is 11.6 Å². The summed E-state index contributed by atoms with van der Waals surface area (Å²) in [5, 5.41) is 23.6. The van der Waals surface area contributed by atoms with Crippen LogP contribution >= 0.6 is 27.3 Å². The number of carbonyl (C=O) groups excluding carboxylic acids is 1. The zero-order valence-corrected chi connectivity index (χ0v) is 12.7. The highest BCUT2D eigenvalue weighted by atomic mass is 79.9. The number of aromatic hydroxyl groups is 1. The molecule has 0 saturated heterocycles. The van der Waals surface area contributed by atoms with Gasteiger partial charge in [0.1, 0.15) is 5.75 Å². The average molecular weight is 370 g/mol. The van der Waals surface area contributed by atoms with Crippen LogP contribution in [-0.2, 0) is 0 Å². The van der Waals surface area contributed by atoms with Gasteiger partial charge in [0.05, 0.1) is 20.5 Å². The molecule has 0 fully saturated rings. The van der Waals surface area contributed by atoms with Crippen molar-refractivity contribution in [1.82, 2.24) is 5.43 Å². The van der Waals surface area contributed by atoms with Crippen molar-refractivity contribution in [2.75, 3.05) is 0 Å². The van der Waals surface area contributed by atoms with E-state index >= 15 is 0 Å². The largest absolute Gasteiger partial charge is 0.507 e. The Morgan fingerprint density at radius 1 is 1.43 bits per heavy atom. The second-order valence-electron chi connectivity index (χ2n) is 3.80. The van der Waals surface area contributed by atoms with Crippen LogP contribution in [0.2, 0.25) is 0 Å². The van der Waals surface area contributed by atoms with Crippen molar-refractivity contribution in [3.63, 3.8) is 0 Å². The third-order valence-electron chi connectivity index (χ3n) is 2.36. The van der Waals surface area contributed by atoms with Crippen LogP contribution in [0.1, 0.15) is 15.2 Å². The molecule has 9 heteroatoms. The van der Waals surface area contributed by atoms with Crippen LogP contribution in [0.3, 0.4) is 0 Å². The number of phenols is 1. The molecule has 7 nitrogen and oxygen atoms in total. The van der Waals surface area contributed by atoms with E-state index in [-0.39, 0.29) is 10.8 Å². The lowest BCUT2D eigenvalue weighted by atomic mass is 10.2. The Labute approximate surface area is 131 Å². The third kappa shape index (κ3) is 3.86. The van der Waals surface area contributed by atoms with Crippen LogP contribution < -0.4 is 5.43 Å². The van der Waals surface area contributed by atoms with Crippen molar-refractivity contribution in [3.05, 3.63) is 55.4 Å². The van der Waals surface area contributed by atoms with Crippen LogP contribution in [0.5, 0.6) is 5.75 Å². The number of rotatable bonds is 4. The van der Waals surface area contributed by atoms with Crippen molar-refractivity contribution in [1.29, 1.82) is 0 Å². The minimum atomic E-state index is -0.492. The third-order valence-corrected chi connectivity index (χ3v) is 3.97. The predicted octanol–water partition coefficient (Wildman–Crippen LogP) is 2.89. The smallest absolute Gasteiger partial charge is 0.324 e. The van der Waals surface area contributed by atoms with Crippen molar-refractivity contribution in [2.45, 2.75) is 0 Å². The van der Waals surface area contributed by atoms with Crippen molar-refractivity contribution in [2.24, 2.45) is 5.10 Å². The lowest BCUT2D eigenvalue weighted by Crippen LogP contribution is -2.17. The van der Waals surface area contributed by atoms with Crippen LogP contribution in [0.4, 0.5) is 5.00 Å². The molecule has 1 aromatic heterocycles. The summed E-state index contributed by atoms with van der Waals surface area (Å²) < 4.78 is 0.396. The Hall–Kier alpha value is -2.26. The summed E-state index contributed by atoms with van der Waals surface area (Å²) >= 11 is 4.06. The summed E-state index contributed by atoms with van der Waals surface area (Å²) in [5.74, 6) is -0.432. The molecule has 1 amide bonds. The van der Waals surface area contributed by atoms with Gasteiger partial charge in [-0.15, -0.1) is 0 Å². The fourth-order valence-corrected chi connectivity index (χ4v) is 2.45. The molecule has 0 spiro atoms. The lowest BCUT2D eigenvalue weighted by Gasteiger charge is -2.01. The second kappa shape index (κ2) is 6.46. The van der Waals surface area contributed by atoms with Gasteiger partial charge in [0.2, 0.25) is 0 Å². The summed E-state index contributed by atoms with van der Waals surface area (Å²) in [5.41, 5.74) is 2.61. The highest BCUT2D eigenvalue weighted by Crippen LogP contribution is 2.24. The molecule has 0 radical (unpaired) electrons. The van der Waals surface area contributed by atoms with Gasteiger partial charge in [-0.3, -0.25) is 14.9 Å². The maximum atomic E-state index is 11.8. The number of nitrogens with one attached hydrogen (secondary N) is 1. The standard InChI is InChI=1S/C12H8BrN3O4S/c13-9-5-7(1-3-10(9)17)12(18)15-14-6-8-2-4-11(21-8)16(19)20/h1-6,17H,(H,15,18)/b14-6-. The van der Waals surface area contributed by atoms with E-state index < -0.39 is 10.8 Å². The summed E-state index contributed by atoms with van der Waals surface area (Å²) in [6.45, 7) is 0. The highest BCUT2D eigenvalue weighted by Gasteiger charge is 2.09. The molecule has 0 unspecified atom stereocenters. The maximum absolute atomic E-state index is 11.8. The van der Waals surface area contributed by atoms with Gasteiger partial charge in [-0.1, -0.05) is 11.3 Å². The van der Waals surface area contributed by atoms with Gasteiger partial charge in [-0.25, -0.2) is 5.43 Å². The molecule has 2 aromatic rings. The Kier molecular flexibility index (Phi) is 4.66. The Morgan fingerprint density at radius 2 is 2.19 bits per heavy atom. The van der Waals surface area contributed by atoms with Gasteiger partial charge >= 0.3 is 5.00 Å². The van der Waals surface area contributed by atoms with Crippen LogP contribution in [0.15, 0.2) is 39.9 Å². The fraction of sp³-hybridized carbons (Fsp3) is 0. The van der Waals surface area contributed by atoms with Gasteiger partial charge in [0.25, 0.3) is 5.91 Å². The van der Waals surface area contributed by atoms with E-state index in [4.69, 9.17) is 0 Å². The van der Waals surface area contributed by atoms with E-state index in [0.717, 1.165) is 11.3 Å². The van der Waals surface area contributed by atoms with Crippen LogP contribution in [0.25, 0.3) is 0 Å². The number of hydrogen-bond acceptors (Lipinski definition) is 6. The molecule has 0 bridgehead atoms. The first-order valence-corrected chi connectivity index (χ1v) is 7.14. The fourth-order valence-electron chi connectivity index (χ4n) is 1.38. The molecule has 2 N–H and O–H groups in total. The first-order chi connectivity index (χ1) is 9.97. The van der Waals surface area contributed by atoms with E-state index in [0.29, 0.717) is 14.9 Å². The lowest BCUT2D eigenvalue weighted by molar-refractivity contribution is -0.380. The molecule has 0 aliphatic rings. The molecule has 0 atom stereocenters. The molecule has 0 aliphatic heterocycles. The van der Waals surface area contributed by atoms with Crippen LogP contribution in [0, 0.1) is 10.1 Å². The average Bonchev–Trinajstić information content (AvgIpc) is 2.91. The molecule has 1 aromatic carbocycles. The number of nitrogens with zero attached hydrogens (tertiary/aromatic N) is 2. The molecule has 1 heterocycles. The molecule has 108 valence electrons. The summed E-state index contributed by atoms with van der Waals surface area (Å²) in [6.07, 6.45) is 1.32. The molecule has 0 aliphatic carbocycles. The number of benzene rings is 1. The van der Waals surface area contributed by atoms with Crippen LogP contribution in [-0.4, -0.2) is 22.2 Å². The minimum absolute atomic E-state index is 0.00485. The number of nitro groups is 1. The summed E-state index contributed by atoms with van der Waals surface area (Å²) in [7, 11) is 0. The Balaban J connectivity index is 2.01. The zero-order chi connectivity index (χ0) is 15.4. The first kappa shape index (κ1) is 15.1. The SMILES string of the molecule is O=C(N/N=C\c1ccc([N+](=O)[O-])s1)c1ccc(O)c(Br)c1. The van der Waals surface area contributed by atoms with Crippen molar-refractivity contribution < 1.29 is 14.8 Å². The number of hydrogen-bond donors (Lipinski definition) is 2. The highest BCUT2D eigenvalue weighted by molar-refractivity contribution is 9.10. The van der Waals surface area contributed by atoms with E-state index in [1.165, 1.54) is 36.5 Å². The van der Waals surface area contributed by atoms with E-state index in [1.54, 1.807) is 0 Å². The van der Waals surface area contributed by atoms with Gasteiger partial charge in [-0.2, -0.15) is 5.10 Å². The van der Waals surface area contributed by atoms with Gasteiger partial charge in [0.15, 0.2) is 0 Å². The zero-order valence-electron chi connectivity index (χ0n) is 10.3. The Bertz CT molecular complexity index is 729. The van der Waals surface area contributed by atoms with E-state index in [9.17, 15) is 20.0 Å². The van der Waals surface area contributed by atoms with Gasteiger partial charge < -0.3 is 5.11 Å². The molecular weight excluding hydrogens is 362 g/mol. The number of thiophene rings is 1. The maximum Gasteiger partial charge on any atom is 0.324 e. The number of amides is 1. The summed E-state index contributed by atoms with van der Waals surface area (Å²) in [4.78, 5) is 22.4. The number of hydrazone groups is 1. The second-order valence-corrected chi connectivity index (χ2v) is 5.75. The topological polar surface area (TPSA) is 105 Å². The monoisotopic (exact) mass is 369 g/mol. The van der Waals surface area contributed by atoms with Gasteiger partial charge in [-0.05, 0) is 40.2 Å². The molecular formula is C12H8BrN3O4S. The van der Waals surface area contributed by atoms with Crippen molar-refractivity contribution >= 4 is 44.4 Å². The molecule has 2 rings (SSSR count). The number of phenolic OH excluding ortho intramolecular Hbond substituents is 1. The molecule has 21 heavy (non-hydrogen) atoms. The number of carbonyl (C=O) groups is 1. The number of halogens is 1. The molecule has 0 saturated carbocycles. The van der Waals surface area contributed by atoms with Crippen molar-refractivity contribution in [3.8, 4) is 5.75 Å². The summed E-state index contributed by atoms with van der Waals surface area (Å²) in [6, 6.07) is 7.18. The normalized spacial score (nSPS) is 10.7. The Morgan fingerprint density at radius 3 is 2.81 bits per heavy atom. The predicted molar refractivity (Wildman–Crippen MR) is 81.8 cm³/mol. The minimum Gasteiger partial charge on any atom is -0.507 e. The van der Waals surface area contributed by atoms with E-state index in [1.807, 2.05) is 0 Å². The first-order valence-electron chi connectivity index (χ1n) is 5.53.